The molecule has 0 bridgehead atoms. The van der Waals surface area contributed by atoms with Crippen LogP contribution in [0.5, 0.6) is 5.75 Å². The van der Waals surface area contributed by atoms with Gasteiger partial charge in [0, 0.05) is 27.2 Å². The van der Waals surface area contributed by atoms with Crippen LogP contribution in [-0.2, 0) is 11.3 Å². The minimum atomic E-state index is -0.538. The molecule has 2 aliphatic rings. The summed E-state index contributed by atoms with van der Waals surface area (Å²) in [6.07, 6.45) is 0.635. The fraction of sp³-hybridized carbons (Fsp3) is 0.500. The number of ether oxygens (including phenoxy) is 2. The van der Waals surface area contributed by atoms with E-state index >= 15 is 0 Å². The fourth-order valence-corrected chi connectivity index (χ4v) is 4.72. The van der Waals surface area contributed by atoms with E-state index in [4.69, 9.17) is 13.9 Å². The van der Waals surface area contributed by atoms with Crippen molar-refractivity contribution >= 4 is 11.9 Å². The molecule has 1 aromatic heterocycles. The molecule has 1 aromatic carbocycles. The van der Waals surface area contributed by atoms with Crippen molar-refractivity contribution in [3.8, 4) is 5.75 Å². The molecular weight excluding hydrogens is 412 g/mol. The van der Waals surface area contributed by atoms with Crippen molar-refractivity contribution in [3.05, 3.63) is 53.5 Å². The molecule has 1 saturated carbocycles. The lowest BCUT2D eigenvalue weighted by Crippen LogP contribution is -2.42. The molecule has 2 heterocycles. The van der Waals surface area contributed by atoms with Crippen LogP contribution in [0.4, 0.5) is 0 Å². The van der Waals surface area contributed by atoms with Gasteiger partial charge in [-0.05, 0) is 61.1 Å². The number of fused-ring (bicyclic) bond motifs is 1. The summed E-state index contributed by atoms with van der Waals surface area (Å²) in [5.41, 5.74) is 0.462. The molecule has 4 atom stereocenters. The zero-order valence-corrected chi connectivity index (χ0v) is 18.7. The van der Waals surface area contributed by atoms with Gasteiger partial charge in [0.2, 0.25) is 0 Å². The SMILES string of the molecule is COC(=O)c1ccc(O[C@@H]2C[C@@H]3CN(Cc4ccc(C(=O)N(C)C)o4)C[C@@H]3C[C@H]2O)cc1. The predicted molar refractivity (Wildman–Crippen MR) is 116 cm³/mol. The van der Waals surface area contributed by atoms with E-state index in [0.717, 1.165) is 25.3 Å². The van der Waals surface area contributed by atoms with Gasteiger partial charge < -0.3 is 23.9 Å². The number of aliphatic hydroxyl groups excluding tert-OH is 1. The Kier molecular flexibility index (Phi) is 6.53. The highest BCUT2D eigenvalue weighted by atomic mass is 16.5. The van der Waals surface area contributed by atoms with E-state index < -0.39 is 12.1 Å². The highest BCUT2D eigenvalue weighted by molar-refractivity contribution is 5.91. The number of furan rings is 1. The van der Waals surface area contributed by atoms with E-state index in [-0.39, 0.29) is 12.0 Å². The number of amides is 1. The van der Waals surface area contributed by atoms with Crippen molar-refractivity contribution in [1.82, 2.24) is 9.80 Å². The second kappa shape index (κ2) is 9.34. The van der Waals surface area contributed by atoms with Gasteiger partial charge in [0.1, 0.15) is 17.6 Å². The maximum absolute atomic E-state index is 12.0. The number of nitrogens with zero attached hydrogens (tertiary/aromatic N) is 2. The standard InChI is InChI=1S/C24H30N2O6/c1-25(2)23(28)21-9-8-19(32-21)14-26-12-16-10-20(27)22(11-17(16)13-26)31-18-6-4-15(5-7-18)24(29)30-3/h4-9,16-17,20,22,27H,10-14H2,1-3H3/t16-,17+,20+,22+/m0/s1. The lowest BCUT2D eigenvalue weighted by Gasteiger charge is -2.35. The first kappa shape index (κ1) is 22.4. The Hall–Kier alpha value is -2.84. The monoisotopic (exact) mass is 442 g/mol. The van der Waals surface area contributed by atoms with Gasteiger partial charge >= 0.3 is 5.97 Å². The van der Waals surface area contributed by atoms with Crippen molar-refractivity contribution in [1.29, 1.82) is 0 Å². The molecule has 32 heavy (non-hydrogen) atoms. The van der Waals surface area contributed by atoms with Crippen LogP contribution in [0.15, 0.2) is 40.8 Å². The summed E-state index contributed by atoms with van der Waals surface area (Å²) in [6.45, 7) is 2.43. The van der Waals surface area contributed by atoms with Crippen LogP contribution in [0.25, 0.3) is 0 Å². The van der Waals surface area contributed by atoms with Gasteiger partial charge in [-0.25, -0.2) is 4.79 Å². The van der Waals surface area contributed by atoms with E-state index in [1.807, 2.05) is 6.07 Å². The van der Waals surface area contributed by atoms with Crippen LogP contribution in [-0.4, -0.2) is 73.3 Å². The fourth-order valence-electron chi connectivity index (χ4n) is 4.72. The summed E-state index contributed by atoms with van der Waals surface area (Å²) in [4.78, 5) is 27.4. The second-order valence-corrected chi connectivity index (χ2v) is 8.89. The van der Waals surface area contributed by atoms with E-state index in [1.54, 1.807) is 44.4 Å². The number of hydrogen-bond donors (Lipinski definition) is 1. The summed E-state index contributed by atoms with van der Waals surface area (Å²) in [6, 6.07) is 10.4. The molecule has 2 aromatic rings. The average molecular weight is 443 g/mol. The third-order valence-corrected chi connectivity index (χ3v) is 6.38. The summed E-state index contributed by atoms with van der Waals surface area (Å²) >= 11 is 0. The highest BCUT2D eigenvalue weighted by Gasteiger charge is 2.42. The molecule has 0 radical (unpaired) electrons. The third-order valence-electron chi connectivity index (χ3n) is 6.38. The van der Waals surface area contributed by atoms with Crippen LogP contribution < -0.4 is 4.74 Å². The second-order valence-electron chi connectivity index (χ2n) is 8.89. The van der Waals surface area contributed by atoms with E-state index in [1.165, 1.54) is 12.0 Å². The van der Waals surface area contributed by atoms with Crippen LogP contribution >= 0.6 is 0 Å². The zero-order chi connectivity index (χ0) is 22.8. The molecular formula is C24H30N2O6. The van der Waals surface area contributed by atoms with Crippen LogP contribution in [0.1, 0.15) is 39.5 Å². The summed E-state index contributed by atoms with van der Waals surface area (Å²) < 4.78 is 16.5. The smallest absolute Gasteiger partial charge is 0.337 e. The molecule has 8 nitrogen and oxygen atoms in total. The van der Waals surface area contributed by atoms with Gasteiger partial charge in [-0.2, -0.15) is 0 Å². The van der Waals surface area contributed by atoms with Gasteiger partial charge in [-0.1, -0.05) is 0 Å². The highest BCUT2D eigenvalue weighted by Crippen LogP contribution is 2.38. The van der Waals surface area contributed by atoms with E-state index in [9.17, 15) is 14.7 Å². The summed E-state index contributed by atoms with van der Waals surface area (Å²) in [7, 11) is 4.75. The van der Waals surface area contributed by atoms with Crippen LogP contribution in [0.2, 0.25) is 0 Å². The minimum Gasteiger partial charge on any atom is -0.488 e. The van der Waals surface area contributed by atoms with Gasteiger partial charge in [0.25, 0.3) is 5.91 Å². The summed E-state index contributed by atoms with van der Waals surface area (Å²) in [5, 5.41) is 10.7. The number of aliphatic hydroxyl groups is 1. The van der Waals surface area contributed by atoms with E-state index in [2.05, 4.69) is 4.90 Å². The Bertz CT molecular complexity index is 954. The minimum absolute atomic E-state index is 0.144. The Balaban J connectivity index is 1.33. The average Bonchev–Trinajstić information content (AvgIpc) is 3.39. The van der Waals surface area contributed by atoms with Crippen LogP contribution in [0, 0.1) is 11.8 Å². The van der Waals surface area contributed by atoms with Gasteiger partial charge in [0.15, 0.2) is 5.76 Å². The first-order valence-electron chi connectivity index (χ1n) is 10.9. The molecule has 1 N–H and O–H groups in total. The van der Waals surface area contributed by atoms with Gasteiger partial charge in [-0.15, -0.1) is 0 Å². The van der Waals surface area contributed by atoms with Crippen molar-refractivity contribution in [3.63, 3.8) is 0 Å². The van der Waals surface area contributed by atoms with Crippen molar-refractivity contribution < 1.29 is 28.6 Å². The van der Waals surface area contributed by atoms with Gasteiger partial charge in [0.05, 0.1) is 25.3 Å². The predicted octanol–water partition coefficient (Wildman–Crippen LogP) is 2.42. The molecule has 0 spiro atoms. The Morgan fingerprint density at radius 3 is 2.44 bits per heavy atom. The number of carbonyl (C=O) groups is 2. The number of carbonyl (C=O) groups excluding carboxylic acids is 2. The molecule has 1 saturated heterocycles. The molecule has 1 aliphatic heterocycles. The number of benzene rings is 1. The van der Waals surface area contributed by atoms with Crippen molar-refractivity contribution in [2.45, 2.75) is 31.6 Å². The van der Waals surface area contributed by atoms with Crippen molar-refractivity contribution in [2.24, 2.45) is 11.8 Å². The first-order valence-corrected chi connectivity index (χ1v) is 10.9. The topological polar surface area (TPSA) is 92.5 Å². The largest absolute Gasteiger partial charge is 0.488 e. The Morgan fingerprint density at radius 2 is 1.78 bits per heavy atom. The lowest BCUT2D eigenvalue weighted by molar-refractivity contribution is -0.0231. The van der Waals surface area contributed by atoms with Crippen LogP contribution in [0.3, 0.4) is 0 Å². The molecule has 8 heteroatoms. The quantitative estimate of drug-likeness (QED) is 0.687. The number of hydrogen-bond acceptors (Lipinski definition) is 7. The molecule has 0 unspecified atom stereocenters. The van der Waals surface area contributed by atoms with E-state index in [0.29, 0.717) is 41.9 Å². The number of esters is 1. The normalized spacial score (nSPS) is 25.2. The molecule has 2 fully saturated rings. The maximum atomic E-state index is 12.0. The lowest BCUT2D eigenvalue weighted by atomic mass is 9.78. The molecule has 1 aliphatic carbocycles. The Morgan fingerprint density at radius 1 is 1.09 bits per heavy atom. The third kappa shape index (κ3) is 4.81. The molecule has 172 valence electrons. The zero-order valence-electron chi connectivity index (χ0n) is 18.7. The molecule has 4 rings (SSSR count). The Labute approximate surface area is 187 Å². The summed E-state index contributed by atoms with van der Waals surface area (Å²) in [5.74, 6) is 2.05. The first-order chi connectivity index (χ1) is 15.3. The van der Waals surface area contributed by atoms with Crippen molar-refractivity contribution in [2.75, 3.05) is 34.3 Å². The maximum Gasteiger partial charge on any atom is 0.337 e. The number of methoxy groups -OCH3 is 1. The number of rotatable bonds is 6. The van der Waals surface area contributed by atoms with Gasteiger partial charge in [-0.3, -0.25) is 9.69 Å². The molecule has 1 amide bonds. The number of likely N-dealkylation sites (tertiary alicyclic amines) is 1.